The van der Waals surface area contributed by atoms with Crippen LogP contribution in [0.2, 0.25) is 0 Å². The number of hydrogen-bond acceptors (Lipinski definition) is 5. The van der Waals surface area contributed by atoms with E-state index in [1.165, 1.54) is 24.3 Å². The van der Waals surface area contributed by atoms with Crippen molar-refractivity contribution in [1.29, 1.82) is 0 Å². The SMILES string of the molecule is O=C(NCc1ccnc(N2CCOCC2)c1)c1ccc(SC(F)(F)F)cc1. The van der Waals surface area contributed by atoms with Crippen molar-refractivity contribution in [3.63, 3.8) is 0 Å². The van der Waals surface area contributed by atoms with Crippen LogP contribution in [0.5, 0.6) is 0 Å². The molecule has 1 aromatic carbocycles. The number of alkyl halides is 3. The molecule has 144 valence electrons. The van der Waals surface area contributed by atoms with Crippen LogP contribution in [0.1, 0.15) is 15.9 Å². The number of benzene rings is 1. The fourth-order valence-electron chi connectivity index (χ4n) is 2.63. The third-order valence-corrected chi connectivity index (χ3v) is 4.69. The van der Waals surface area contributed by atoms with Crippen LogP contribution in [-0.2, 0) is 11.3 Å². The number of thioether (sulfide) groups is 1. The monoisotopic (exact) mass is 397 g/mol. The maximum atomic E-state index is 12.3. The highest BCUT2D eigenvalue weighted by molar-refractivity contribution is 8.00. The lowest BCUT2D eigenvalue weighted by Gasteiger charge is -2.28. The quantitative estimate of drug-likeness (QED) is 0.784. The first-order valence-corrected chi connectivity index (χ1v) is 9.14. The summed E-state index contributed by atoms with van der Waals surface area (Å²) in [6.07, 6.45) is 1.69. The largest absolute Gasteiger partial charge is 0.446 e. The van der Waals surface area contributed by atoms with E-state index in [2.05, 4.69) is 15.2 Å². The van der Waals surface area contributed by atoms with Gasteiger partial charge in [-0.2, -0.15) is 13.2 Å². The molecule has 3 rings (SSSR count). The zero-order chi connectivity index (χ0) is 19.3. The van der Waals surface area contributed by atoms with Gasteiger partial charge < -0.3 is 15.0 Å². The Labute approximate surface area is 158 Å². The minimum absolute atomic E-state index is 0.0448. The molecule has 2 heterocycles. The third-order valence-electron chi connectivity index (χ3n) is 3.95. The normalized spacial score (nSPS) is 14.9. The summed E-state index contributed by atoms with van der Waals surface area (Å²) in [5, 5.41) is 2.77. The average Bonchev–Trinajstić information content (AvgIpc) is 2.66. The molecule has 9 heteroatoms. The van der Waals surface area contributed by atoms with E-state index in [-0.39, 0.29) is 22.6 Å². The summed E-state index contributed by atoms with van der Waals surface area (Å²) in [5.74, 6) is 0.488. The number of anilines is 1. The molecule has 1 N–H and O–H groups in total. The minimum atomic E-state index is -4.34. The van der Waals surface area contributed by atoms with E-state index in [0.29, 0.717) is 25.3 Å². The molecule has 27 heavy (non-hydrogen) atoms. The van der Waals surface area contributed by atoms with Gasteiger partial charge in [0.1, 0.15) is 5.82 Å². The van der Waals surface area contributed by atoms with Crippen LogP contribution in [0.15, 0.2) is 47.5 Å². The Morgan fingerprint density at radius 1 is 1.19 bits per heavy atom. The molecule has 1 saturated heterocycles. The van der Waals surface area contributed by atoms with E-state index in [9.17, 15) is 18.0 Å². The minimum Gasteiger partial charge on any atom is -0.378 e. The number of nitrogens with one attached hydrogen (secondary N) is 1. The Morgan fingerprint density at radius 2 is 1.89 bits per heavy atom. The van der Waals surface area contributed by atoms with Gasteiger partial charge in [-0.05, 0) is 53.7 Å². The second kappa shape index (κ2) is 8.62. The zero-order valence-corrected chi connectivity index (χ0v) is 15.1. The van der Waals surface area contributed by atoms with Gasteiger partial charge in [0.2, 0.25) is 0 Å². The smallest absolute Gasteiger partial charge is 0.378 e. The number of rotatable bonds is 5. The molecule has 0 bridgehead atoms. The highest BCUT2D eigenvalue weighted by Gasteiger charge is 2.29. The molecule has 1 aromatic heterocycles. The van der Waals surface area contributed by atoms with E-state index in [4.69, 9.17) is 4.74 Å². The van der Waals surface area contributed by atoms with Crippen LogP contribution in [0.4, 0.5) is 19.0 Å². The number of aromatic nitrogens is 1. The van der Waals surface area contributed by atoms with Gasteiger partial charge in [-0.15, -0.1) is 0 Å². The molecule has 1 aliphatic rings. The number of carbonyl (C=O) groups excluding carboxylic acids is 1. The van der Waals surface area contributed by atoms with Gasteiger partial charge in [-0.1, -0.05) is 0 Å². The molecule has 0 aliphatic carbocycles. The molecule has 0 unspecified atom stereocenters. The number of nitrogens with zero attached hydrogens (tertiary/aromatic N) is 2. The van der Waals surface area contributed by atoms with Crippen molar-refractivity contribution in [2.45, 2.75) is 16.9 Å². The van der Waals surface area contributed by atoms with Gasteiger partial charge in [-0.3, -0.25) is 4.79 Å². The van der Waals surface area contributed by atoms with Crippen LogP contribution < -0.4 is 10.2 Å². The fraction of sp³-hybridized carbons (Fsp3) is 0.333. The Bertz CT molecular complexity index is 778. The number of pyridine rings is 1. The van der Waals surface area contributed by atoms with Crippen molar-refractivity contribution in [3.8, 4) is 0 Å². The molecule has 0 saturated carbocycles. The summed E-state index contributed by atoms with van der Waals surface area (Å²) < 4.78 is 42.4. The molecular formula is C18H18F3N3O2S. The Kier molecular flexibility index (Phi) is 6.22. The first kappa shape index (κ1) is 19.5. The van der Waals surface area contributed by atoms with Gasteiger partial charge >= 0.3 is 5.51 Å². The molecule has 0 atom stereocenters. The number of amides is 1. The van der Waals surface area contributed by atoms with Crippen LogP contribution in [-0.4, -0.2) is 42.7 Å². The summed E-state index contributed by atoms with van der Waals surface area (Å²) in [4.78, 5) is 18.7. The van der Waals surface area contributed by atoms with E-state index < -0.39 is 5.51 Å². The average molecular weight is 397 g/mol. The van der Waals surface area contributed by atoms with Gasteiger partial charge in [-0.25, -0.2) is 4.98 Å². The van der Waals surface area contributed by atoms with Crippen molar-refractivity contribution < 1.29 is 22.7 Å². The molecule has 1 fully saturated rings. The highest BCUT2D eigenvalue weighted by Crippen LogP contribution is 2.36. The second-order valence-corrected chi connectivity index (χ2v) is 7.02. The zero-order valence-electron chi connectivity index (χ0n) is 14.3. The van der Waals surface area contributed by atoms with Gasteiger partial charge in [0, 0.05) is 36.3 Å². The topological polar surface area (TPSA) is 54.5 Å². The molecule has 0 spiro atoms. The number of hydrogen-bond donors (Lipinski definition) is 1. The van der Waals surface area contributed by atoms with E-state index in [0.717, 1.165) is 24.5 Å². The van der Waals surface area contributed by atoms with Crippen molar-refractivity contribution in [1.82, 2.24) is 10.3 Å². The lowest BCUT2D eigenvalue weighted by atomic mass is 10.2. The number of carbonyl (C=O) groups is 1. The molecule has 2 aromatic rings. The fourth-order valence-corrected chi connectivity index (χ4v) is 3.17. The standard InChI is InChI=1S/C18H18F3N3O2S/c19-18(20,21)27-15-3-1-14(2-4-15)17(25)23-12-13-5-6-22-16(11-13)24-7-9-26-10-8-24/h1-6,11H,7-10,12H2,(H,23,25). The Balaban J connectivity index is 1.57. The molecular weight excluding hydrogens is 379 g/mol. The maximum absolute atomic E-state index is 12.3. The van der Waals surface area contributed by atoms with Crippen LogP contribution in [0.3, 0.4) is 0 Å². The van der Waals surface area contributed by atoms with Gasteiger partial charge in [0.05, 0.1) is 13.2 Å². The van der Waals surface area contributed by atoms with Crippen molar-refractivity contribution in [2.24, 2.45) is 0 Å². The highest BCUT2D eigenvalue weighted by atomic mass is 32.2. The van der Waals surface area contributed by atoms with Crippen LogP contribution in [0.25, 0.3) is 0 Å². The lowest BCUT2D eigenvalue weighted by molar-refractivity contribution is -0.0328. The predicted octanol–water partition coefficient (Wildman–Crippen LogP) is 3.46. The number of halogens is 3. The summed E-state index contributed by atoms with van der Waals surface area (Å²) in [6, 6.07) is 9.07. The molecule has 0 radical (unpaired) electrons. The van der Waals surface area contributed by atoms with E-state index in [1.54, 1.807) is 6.20 Å². The predicted molar refractivity (Wildman–Crippen MR) is 96.8 cm³/mol. The second-order valence-electron chi connectivity index (χ2n) is 5.88. The lowest BCUT2D eigenvalue weighted by Crippen LogP contribution is -2.36. The summed E-state index contributed by atoms with van der Waals surface area (Å²) in [7, 11) is 0. The molecule has 5 nitrogen and oxygen atoms in total. The van der Waals surface area contributed by atoms with Crippen molar-refractivity contribution in [3.05, 3.63) is 53.7 Å². The molecule has 1 amide bonds. The Hall–Kier alpha value is -2.26. The van der Waals surface area contributed by atoms with Crippen molar-refractivity contribution >= 4 is 23.5 Å². The number of morpholine rings is 1. The van der Waals surface area contributed by atoms with E-state index >= 15 is 0 Å². The summed E-state index contributed by atoms with van der Waals surface area (Å²) in [5.41, 5.74) is -3.14. The Morgan fingerprint density at radius 3 is 2.56 bits per heavy atom. The van der Waals surface area contributed by atoms with Crippen LogP contribution >= 0.6 is 11.8 Å². The van der Waals surface area contributed by atoms with Crippen molar-refractivity contribution in [2.75, 3.05) is 31.2 Å². The maximum Gasteiger partial charge on any atom is 0.446 e. The summed E-state index contributed by atoms with van der Waals surface area (Å²) >= 11 is -0.206. The summed E-state index contributed by atoms with van der Waals surface area (Å²) in [6.45, 7) is 3.16. The van der Waals surface area contributed by atoms with Crippen LogP contribution in [0, 0.1) is 0 Å². The van der Waals surface area contributed by atoms with E-state index in [1.807, 2.05) is 12.1 Å². The van der Waals surface area contributed by atoms with Gasteiger partial charge in [0.15, 0.2) is 0 Å². The third kappa shape index (κ3) is 5.86. The molecule has 1 aliphatic heterocycles. The van der Waals surface area contributed by atoms with Gasteiger partial charge in [0.25, 0.3) is 5.91 Å². The first-order valence-electron chi connectivity index (χ1n) is 8.32. The first-order chi connectivity index (χ1) is 12.9. The number of ether oxygens (including phenoxy) is 1.